The number of rotatable bonds is 8. The lowest BCUT2D eigenvalue weighted by Gasteiger charge is -2.09. The van der Waals surface area contributed by atoms with E-state index in [0.29, 0.717) is 35.1 Å². The van der Waals surface area contributed by atoms with Crippen molar-refractivity contribution >= 4 is 23.3 Å². The number of nitrogens with one attached hydrogen (secondary N) is 1. The van der Waals surface area contributed by atoms with Gasteiger partial charge in [-0.25, -0.2) is 4.79 Å². The molecule has 0 atom stereocenters. The van der Waals surface area contributed by atoms with Gasteiger partial charge in [-0.3, -0.25) is 9.59 Å². The first kappa shape index (κ1) is 20.2. The summed E-state index contributed by atoms with van der Waals surface area (Å²) in [5, 5.41) is 2.59. The molecule has 0 radical (unpaired) electrons. The molecule has 0 unspecified atom stereocenters. The Balaban J connectivity index is 1.85. The number of Topliss-reactive ketones (excluding diaryl/α,β-unsaturated/α-hetero) is 1. The number of carbonyl (C=O) groups is 3. The van der Waals surface area contributed by atoms with Crippen molar-refractivity contribution in [3.8, 4) is 5.75 Å². The van der Waals surface area contributed by atoms with Gasteiger partial charge >= 0.3 is 5.97 Å². The van der Waals surface area contributed by atoms with Crippen molar-refractivity contribution in [2.45, 2.75) is 20.8 Å². The lowest BCUT2D eigenvalue weighted by Crippen LogP contribution is -2.21. The normalized spacial score (nSPS) is 10.4. The van der Waals surface area contributed by atoms with Gasteiger partial charge in [0.15, 0.2) is 12.4 Å². The highest BCUT2D eigenvalue weighted by atomic mass is 16.5. The molecule has 0 aliphatic heterocycles. The standard InChI is InChI=1S/C21H23NO5/c1-14(2)12-26-19-9-7-16(8-10-19)21(25)27-13-20(24)22-18-6-4-5-17(11-18)15(3)23/h4-11,14H,12-13H2,1-3H3,(H,22,24). The van der Waals surface area contributed by atoms with Crippen molar-refractivity contribution in [3.05, 3.63) is 59.7 Å². The zero-order valence-corrected chi connectivity index (χ0v) is 15.7. The van der Waals surface area contributed by atoms with Crippen molar-refractivity contribution in [1.82, 2.24) is 0 Å². The maximum absolute atomic E-state index is 12.0. The number of amides is 1. The number of esters is 1. The third kappa shape index (κ3) is 6.58. The average molecular weight is 369 g/mol. The summed E-state index contributed by atoms with van der Waals surface area (Å²) in [5.41, 5.74) is 1.29. The van der Waals surface area contributed by atoms with Gasteiger partial charge < -0.3 is 14.8 Å². The minimum atomic E-state index is -0.599. The minimum absolute atomic E-state index is 0.0988. The minimum Gasteiger partial charge on any atom is -0.493 e. The molecule has 2 aromatic rings. The van der Waals surface area contributed by atoms with Crippen LogP contribution in [0.5, 0.6) is 5.75 Å². The third-order valence-electron chi connectivity index (χ3n) is 3.56. The number of anilines is 1. The van der Waals surface area contributed by atoms with Gasteiger partial charge in [0.1, 0.15) is 5.75 Å². The van der Waals surface area contributed by atoms with Crippen LogP contribution in [-0.2, 0) is 9.53 Å². The van der Waals surface area contributed by atoms with E-state index in [2.05, 4.69) is 5.32 Å². The predicted octanol–water partition coefficient (Wildman–Crippen LogP) is 3.72. The van der Waals surface area contributed by atoms with E-state index in [1.807, 2.05) is 13.8 Å². The Labute approximate surface area is 158 Å². The first-order valence-electron chi connectivity index (χ1n) is 8.66. The van der Waals surface area contributed by atoms with Crippen LogP contribution in [0.25, 0.3) is 0 Å². The fourth-order valence-corrected chi connectivity index (χ4v) is 2.18. The second kappa shape index (κ2) is 9.52. The first-order chi connectivity index (χ1) is 12.8. The third-order valence-corrected chi connectivity index (χ3v) is 3.56. The number of hydrogen-bond acceptors (Lipinski definition) is 5. The second-order valence-electron chi connectivity index (χ2n) is 6.49. The van der Waals surface area contributed by atoms with E-state index in [-0.39, 0.29) is 5.78 Å². The quantitative estimate of drug-likeness (QED) is 0.566. The van der Waals surface area contributed by atoms with Crippen LogP contribution < -0.4 is 10.1 Å². The second-order valence-corrected chi connectivity index (χ2v) is 6.49. The highest BCUT2D eigenvalue weighted by Gasteiger charge is 2.11. The topological polar surface area (TPSA) is 81.7 Å². The molecule has 2 rings (SSSR count). The molecule has 27 heavy (non-hydrogen) atoms. The summed E-state index contributed by atoms with van der Waals surface area (Å²) in [6.07, 6.45) is 0. The first-order valence-corrected chi connectivity index (χ1v) is 8.66. The maximum Gasteiger partial charge on any atom is 0.338 e. The van der Waals surface area contributed by atoms with E-state index in [1.54, 1.807) is 48.5 Å². The summed E-state index contributed by atoms with van der Waals surface area (Å²) in [5.74, 6) is -0.107. The molecule has 6 nitrogen and oxygen atoms in total. The van der Waals surface area contributed by atoms with Crippen LogP contribution >= 0.6 is 0 Å². The van der Waals surface area contributed by atoms with E-state index in [0.717, 1.165) is 0 Å². The fourth-order valence-electron chi connectivity index (χ4n) is 2.18. The Kier molecular flexibility index (Phi) is 7.11. The monoisotopic (exact) mass is 369 g/mol. The van der Waals surface area contributed by atoms with Crippen LogP contribution in [-0.4, -0.2) is 30.9 Å². The number of hydrogen-bond donors (Lipinski definition) is 1. The summed E-state index contributed by atoms with van der Waals surface area (Å²) in [4.78, 5) is 35.3. The van der Waals surface area contributed by atoms with Gasteiger partial charge in [0.25, 0.3) is 5.91 Å². The largest absolute Gasteiger partial charge is 0.493 e. The molecule has 142 valence electrons. The smallest absolute Gasteiger partial charge is 0.338 e. The van der Waals surface area contributed by atoms with Crippen LogP contribution in [0.1, 0.15) is 41.5 Å². The summed E-state index contributed by atoms with van der Waals surface area (Å²) >= 11 is 0. The summed E-state index contributed by atoms with van der Waals surface area (Å²) in [7, 11) is 0. The molecule has 0 aromatic heterocycles. The molecule has 0 bridgehead atoms. The molecule has 0 saturated carbocycles. The number of carbonyl (C=O) groups excluding carboxylic acids is 3. The highest BCUT2D eigenvalue weighted by Crippen LogP contribution is 2.14. The summed E-state index contributed by atoms with van der Waals surface area (Å²) in [6, 6.07) is 13.1. The molecule has 1 N–H and O–H groups in total. The molecular weight excluding hydrogens is 346 g/mol. The van der Waals surface area contributed by atoms with Crippen molar-refractivity contribution in [3.63, 3.8) is 0 Å². The molecule has 0 aliphatic rings. The van der Waals surface area contributed by atoms with Crippen LogP contribution in [0.4, 0.5) is 5.69 Å². The summed E-state index contributed by atoms with van der Waals surface area (Å²) in [6.45, 7) is 5.71. The molecule has 0 aliphatic carbocycles. The Bertz CT molecular complexity index is 812. The lowest BCUT2D eigenvalue weighted by atomic mass is 10.1. The van der Waals surface area contributed by atoms with E-state index in [1.165, 1.54) is 6.92 Å². The van der Waals surface area contributed by atoms with E-state index in [9.17, 15) is 14.4 Å². The van der Waals surface area contributed by atoms with E-state index >= 15 is 0 Å². The van der Waals surface area contributed by atoms with Gasteiger partial charge in [-0.1, -0.05) is 26.0 Å². The number of benzene rings is 2. The lowest BCUT2D eigenvalue weighted by molar-refractivity contribution is -0.119. The number of ketones is 1. The zero-order valence-electron chi connectivity index (χ0n) is 15.7. The maximum atomic E-state index is 12.0. The average Bonchev–Trinajstić information content (AvgIpc) is 2.65. The van der Waals surface area contributed by atoms with Gasteiger partial charge in [0, 0.05) is 11.3 Å². The molecule has 0 heterocycles. The van der Waals surface area contributed by atoms with Gasteiger partial charge in [-0.2, -0.15) is 0 Å². The van der Waals surface area contributed by atoms with Crippen LogP contribution in [0, 0.1) is 5.92 Å². The van der Waals surface area contributed by atoms with Crippen molar-refractivity contribution < 1.29 is 23.9 Å². The Morgan fingerprint density at radius 2 is 1.70 bits per heavy atom. The van der Waals surface area contributed by atoms with E-state index < -0.39 is 18.5 Å². The Morgan fingerprint density at radius 3 is 2.33 bits per heavy atom. The molecule has 6 heteroatoms. The molecule has 0 spiro atoms. The van der Waals surface area contributed by atoms with Crippen LogP contribution in [0.2, 0.25) is 0 Å². The SMILES string of the molecule is CC(=O)c1cccc(NC(=O)COC(=O)c2ccc(OCC(C)C)cc2)c1. The Morgan fingerprint density at radius 1 is 1.00 bits per heavy atom. The Hall–Kier alpha value is -3.15. The van der Waals surface area contributed by atoms with Crippen molar-refractivity contribution in [1.29, 1.82) is 0 Å². The van der Waals surface area contributed by atoms with Gasteiger partial charge in [0.2, 0.25) is 0 Å². The molecule has 0 saturated heterocycles. The van der Waals surface area contributed by atoms with Gasteiger partial charge in [0.05, 0.1) is 12.2 Å². The molecular formula is C21H23NO5. The highest BCUT2D eigenvalue weighted by molar-refractivity contribution is 5.98. The van der Waals surface area contributed by atoms with E-state index in [4.69, 9.17) is 9.47 Å². The zero-order chi connectivity index (χ0) is 19.8. The van der Waals surface area contributed by atoms with Gasteiger partial charge in [-0.15, -0.1) is 0 Å². The fraction of sp³-hybridized carbons (Fsp3) is 0.286. The predicted molar refractivity (Wildman–Crippen MR) is 102 cm³/mol. The van der Waals surface area contributed by atoms with Crippen molar-refractivity contribution in [2.24, 2.45) is 5.92 Å². The molecule has 1 amide bonds. The van der Waals surface area contributed by atoms with Crippen molar-refractivity contribution in [2.75, 3.05) is 18.5 Å². The van der Waals surface area contributed by atoms with Gasteiger partial charge in [-0.05, 0) is 49.2 Å². The molecule has 0 fully saturated rings. The molecule has 2 aromatic carbocycles. The van der Waals surface area contributed by atoms with Crippen LogP contribution in [0.3, 0.4) is 0 Å². The number of ether oxygens (including phenoxy) is 2. The van der Waals surface area contributed by atoms with Crippen LogP contribution in [0.15, 0.2) is 48.5 Å². The summed E-state index contributed by atoms with van der Waals surface area (Å²) < 4.78 is 10.6.